The standard InChI is InChI=1S/C18H24F2N2O.C8H6N2O.C3H8/c1-4-8-22(9-5-2)13-10-15(19)17(16(20)11-13)14-7-6-12(3)21-18(14)23;1-6-8(3-9)2-7(5-11)4-10-6;1-3-2/h10-11,14H,3-9H2,1-2H3,(H,21,23);2,4-5H,1H3;3H2,1-2H3. The first-order chi connectivity index (χ1) is 17.7. The minimum absolute atomic E-state index is 0.133. The zero-order chi connectivity index (χ0) is 28.0. The number of aldehydes is 1. The number of rotatable bonds is 7. The number of hydrogen-bond donors (Lipinski definition) is 1. The highest BCUT2D eigenvalue weighted by molar-refractivity contribution is 5.86. The van der Waals surface area contributed by atoms with Crippen LogP contribution in [-0.2, 0) is 4.79 Å². The number of nitrogens with one attached hydrogen (secondary N) is 1. The second-order valence-electron chi connectivity index (χ2n) is 8.83. The van der Waals surface area contributed by atoms with Crippen LogP contribution in [0.1, 0.15) is 92.9 Å². The van der Waals surface area contributed by atoms with Crippen molar-refractivity contribution < 1.29 is 18.4 Å². The van der Waals surface area contributed by atoms with Crippen molar-refractivity contribution in [3.8, 4) is 6.07 Å². The molecule has 0 saturated carbocycles. The van der Waals surface area contributed by atoms with Gasteiger partial charge >= 0.3 is 0 Å². The summed E-state index contributed by atoms with van der Waals surface area (Å²) in [6, 6.07) is 6.17. The zero-order valence-corrected chi connectivity index (χ0v) is 22.5. The monoisotopic (exact) mass is 512 g/mol. The van der Waals surface area contributed by atoms with Crippen LogP contribution in [-0.4, -0.2) is 30.3 Å². The van der Waals surface area contributed by atoms with E-state index in [1.54, 1.807) is 6.92 Å². The number of halogens is 2. The summed E-state index contributed by atoms with van der Waals surface area (Å²) in [6.45, 7) is 15.2. The first-order valence-electron chi connectivity index (χ1n) is 12.7. The molecule has 3 rings (SSSR count). The van der Waals surface area contributed by atoms with Gasteiger partial charge in [0.25, 0.3) is 0 Å². The van der Waals surface area contributed by atoms with E-state index in [9.17, 15) is 18.4 Å². The molecule has 1 amide bonds. The average molecular weight is 513 g/mol. The fraction of sp³-hybridized carbons (Fsp3) is 0.448. The SMILES string of the molecule is C=C1CCC(c2c(F)cc(N(CCC)CCC)cc2F)C(=O)N1.CCC.Cc1ncc(C=O)cc1C#N. The maximum atomic E-state index is 14.5. The largest absolute Gasteiger partial charge is 0.371 e. The van der Waals surface area contributed by atoms with Crippen molar-refractivity contribution in [1.82, 2.24) is 10.3 Å². The first-order valence-corrected chi connectivity index (χ1v) is 12.7. The van der Waals surface area contributed by atoms with Crippen molar-refractivity contribution in [2.45, 2.75) is 72.6 Å². The Balaban J connectivity index is 0.000000406. The molecular formula is C29H38F2N4O2. The summed E-state index contributed by atoms with van der Waals surface area (Å²) < 4.78 is 29.1. The van der Waals surface area contributed by atoms with Crippen LogP contribution in [0.2, 0.25) is 0 Å². The van der Waals surface area contributed by atoms with Crippen molar-refractivity contribution >= 4 is 17.9 Å². The zero-order valence-electron chi connectivity index (χ0n) is 22.5. The summed E-state index contributed by atoms with van der Waals surface area (Å²) in [6.07, 6.45) is 6.09. The molecule has 1 atom stereocenters. The van der Waals surface area contributed by atoms with Crippen LogP contribution in [0, 0.1) is 29.9 Å². The quantitative estimate of drug-likeness (QED) is 0.423. The molecule has 2 heterocycles. The van der Waals surface area contributed by atoms with E-state index < -0.39 is 17.6 Å². The number of anilines is 1. The van der Waals surface area contributed by atoms with E-state index in [0.717, 1.165) is 25.9 Å². The Kier molecular flexibility index (Phi) is 13.8. The lowest BCUT2D eigenvalue weighted by Gasteiger charge is -2.27. The number of pyridine rings is 1. The molecule has 2 aromatic rings. The van der Waals surface area contributed by atoms with Crippen molar-refractivity contribution in [3.63, 3.8) is 0 Å². The molecule has 1 unspecified atom stereocenters. The third-order valence-electron chi connectivity index (χ3n) is 5.48. The number of aromatic nitrogens is 1. The molecule has 0 radical (unpaired) electrons. The van der Waals surface area contributed by atoms with Gasteiger partial charge in [0, 0.05) is 41.8 Å². The van der Waals surface area contributed by atoms with Crippen LogP contribution in [0.4, 0.5) is 14.5 Å². The fourth-order valence-corrected chi connectivity index (χ4v) is 3.77. The Morgan fingerprint density at radius 2 is 1.73 bits per heavy atom. The lowest BCUT2D eigenvalue weighted by Crippen LogP contribution is -2.34. The summed E-state index contributed by atoms with van der Waals surface area (Å²) in [4.78, 5) is 28.1. The van der Waals surface area contributed by atoms with Crippen LogP contribution < -0.4 is 10.2 Å². The Hall–Kier alpha value is -3.60. The number of allylic oxidation sites excluding steroid dienone is 1. The van der Waals surface area contributed by atoms with Crippen LogP contribution in [0.25, 0.3) is 0 Å². The van der Waals surface area contributed by atoms with Gasteiger partial charge in [-0.3, -0.25) is 14.6 Å². The number of piperidine rings is 1. The van der Waals surface area contributed by atoms with E-state index in [1.165, 1.54) is 30.8 Å². The predicted molar refractivity (Wildman–Crippen MR) is 143 cm³/mol. The van der Waals surface area contributed by atoms with Gasteiger partial charge in [-0.15, -0.1) is 0 Å². The van der Waals surface area contributed by atoms with Gasteiger partial charge < -0.3 is 10.2 Å². The summed E-state index contributed by atoms with van der Waals surface area (Å²) in [5.74, 6) is -2.47. The van der Waals surface area contributed by atoms with Crippen molar-refractivity contribution in [2.75, 3.05) is 18.0 Å². The van der Waals surface area contributed by atoms with Gasteiger partial charge in [0.15, 0.2) is 6.29 Å². The van der Waals surface area contributed by atoms with Crippen molar-refractivity contribution in [1.29, 1.82) is 5.26 Å². The third-order valence-corrected chi connectivity index (χ3v) is 5.48. The molecule has 1 N–H and O–H groups in total. The molecule has 1 aromatic heterocycles. The highest BCUT2D eigenvalue weighted by Gasteiger charge is 2.31. The highest BCUT2D eigenvalue weighted by Crippen LogP contribution is 2.33. The minimum Gasteiger partial charge on any atom is -0.371 e. The molecule has 1 fully saturated rings. The molecule has 1 aliphatic rings. The lowest BCUT2D eigenvalue weighted by molar-refractivity contribution is -0.123. The number of nitrogens with zero attached hydrogens (tertiary/aromatic N) is 3. The Bertz CT molecular complexity index is 1080. The van der Waals surface area contributed by atoms with E-state index in [4.69, 9.17) is 5.26 Å². The van der Waals surface area contributed by atoms with Crippen LogP contribution in [0.5, 0.6) is 0 Å². The molecular weight excluding hydrogens is 474 g/mol. The van der Waals surface area contributed by atoms with Gasteiger partial charge in [-0.1, -0.05) is 40.7 Å². The molecule has 1 aliphatic heterocycles. The van der Waals surface area contributed by atoms with E-state index in [2.05, 4.69) is 30.7 Å². The molecule has 0 bridgehead atoms. The Morgan fingerprint density at radius 1 is 1.16 bits per heavy atom. The Morgan fingerprint density at radius 3 is 2.19 bits per heavy atom. The second-order valence-corrected chi connectivity index (χ2v) is 8.83. The topological polar surface area (TPSA) is 86.1 Å². The van der Waals surface area contributed by atoms with E-state index in [-0.39, 0.29) is 11.5 Å². The molecule has 0 spiro atoms. The number of nitriles is 1. The molecule has 1 aromatic carbocycles. The summed E-state index contributed by atoms with van der Waals surface area (Å²) in [5.41, 5.74) is 2.54. The van der Waals surface area contributed by atoms with E-state index in [1.807, 2.05) is 24.8 Å². The number of hydrogen-bond acceptors (Lipinski definition) is 5. The normalized spacial score (nSPS) is 14.3. The number of aryl methyl sites for hydroxylation is 1. The maximum Gasteiger partial charge on any atom is 0.231 e. The van der Waals surface area contributed by atoms with Crippen LogP contribution in [0.3, 0.4) is 0 Å². The molecule has 200 valence electrons. The fourth-order valence-electron chi connectivity index (χ4n) is 3.77. The van der Waals surface area contributed by atoms with E-state index >= 15 is 0 Å². The molecule has 8 heteroatoms. The van der Waals surface area contributed by atoms with E-state index in [0.29, 0.717) is 47.3 Å². The molecule has 37 heavy (non-hydrogen) atoms. The lowest BCUT2D eigenvalue weighted by atomic mass is 9.89. The molecule has 1 saturated heterocycles. The van der Waals surface area contributed by atoms with Gasteiger partial charge in [-0.2, -0.15) is 5.26 Å². The summed E-state index contributed by atoms with van der Waals surface area (Å²) >= 11 is 0. The van der Waals surface area contributed by atoms with Gasteiger partial charge in [0.1, 0.15) is 17.7 Å². The van der Waals surface area contributed by atoms with Crippen molar-refractivity contribution in [2.24, 2.45) is 0 Å². The van der Waals surface area contributed by atoms with Gasteiger partial charge in [0.05, 0.1) is 17.2 Å². The smallest absolute Gasteiger partial charge is 0.231 e. The van der Waals surface area contributed by atoms with Crippen LogP contribution >= 0.6 is 0 Å². The average Bonchev–Trinajstić information content (AvgIpc) is 2.86. The highest BCUT2D eigenvalue weighted by atomic mass is 19.1. The number of benzene rings is 1. The summed E-state index contributed by atoms with van der Waals surface area (Å²) in [5, 5.41) is 11.1. The summed E-state index contributed by atoms with van der Waals surface area (Å²) in [7, 11) is 0. The number of carbonyl (C=O) groups excluding carboxylic acids is 2. The molecule has 6 nitrogen and oxygen atoms in total. The second kappa shape index (κ2) is 16.2. The molecule has 0 aliphatic carbocycles. The van der Waals surface area contributed by atoms with Crippen molar-refractivity contribution in [3.05, 3.63) is 70.7 Å². The number of carbonyl (C=O) groups is 2. The Labute approximate surface area is 219 Å². The first kappa shape index (κ1) is 31.4. The third kappa shape index (κ3) is 9.41. The minimum atomic E-state index is -0.791. The van der Waals surface area contributed by atoms with Gasteiger partial charge in [-0.25, -0.2) is 8.78 Å². The maximum absolute atomic E-state index is 14.5. The van der Waals surface area contributed by atoms with Gasteiger partial charge in [-0.05, 0) is 50.8 Å². The van der Waals surface area contributed by atoms with Gasteiger partial charge in [0.2, 0.25) is 5.91 Å². The predicted octanol–water partition coefficient (Wildman–Crippen LogP) is 6.59. The van der Waals surface area contributed by atoms with Crippen LogP contribution in [0.15, 0.2) is 36.7 Å². The number of amides is 1.